The summed E-state index contributed by atoms with van der Waals surface area (Å²) in [5.74, 6) is -1.33. The van der Waals surface area contributed by atoms with Gasteiger partial charge in [-0.3, -0.25) is 14.4 Å². The summed E-state index contributed by atoms with van der Waals surface area (Å²) in [7, 11) is 0. The van der Waals surface area contributed by atoms with Crippen LogP contribution >= 0.6 is 0 Å². The van der Waals surface area contributed by atoms with E-state index in [2.05, 4.69) is 15.3 Å². The SMILES string of the molecule is Cc1[nH]c2ccccc2c1C(=O)C(=O)Nc1ccc2c(C(C)(C)C)cc(=O)[nH]c2c1. The zero-order chi connectivity index (χ0) is 21.6. The van der Waals surface area contributed by atoms with E-state index in [1.54, 1.807) is 25.1 Å². The third kappa shape index (κ3) is 3.41. The number of H-pyrrole nitrogens is 2. The van der Waals surface area contributed by atoms with Crippen LogP contribution in [0.4, 0.5) is 5.69 Å². The summed E-state index contributed by atoms with van der Waals surface area (Å²) in [6, 6.07) is 14.2. The molecule has 0 saturated heterocycles. The van der Waals surface area contributed by atoms with Crippen molar-refractivity contribution in [2.45, 2.75) is 33.1 Å². The van der Waals surface area contributed by atoms with Gasteiger partial charge in [0.1, 0.15) is 0 Å². The Kier molecular flexibility index (Phi) is 4.57. The maximum atomic E-state index is 12.9. The molecule has 4 rings (SSSR count). The van der Waals surface area contributed by atoms with Gasteiger partial charge in [0.15, 0.2) is 0 Å². The molecular weight excluding hydrogens is 378 g/mol. The number of ketones is 1. The van der Waals surface area contributed by atoms with Crippen molar-refractivity contribution in [3.63, 3.8) is 0 Å². The second-order valence-electron chi connectivity index (χ2n) is 8.51. The Morgan fingerprint density at radius 1 is 0.900 bits per heavy atom. The van der Waals surface area contributed by atoms with E-state index in [0.29, 0.717) is 27.8 Å². The van der Waals surface area contributed by atoms with Crippen molar-refractivity contribution in [1.82, 2.24) is 9.97 Å². The number of pyridine rings is 1. The first-order chi connectivity index (χ1) is 14.1. The minimum atomic E-state index is -0.725. The van der Waals surface area contributed by atoms with Gasteiger partial charge < -0.3 is 15.3 Å². The number of hydrogen-bond donors (Lipinski definition) is 3. The van der Waals surface area contributed by atoms with Crippen LogP contribution in [-0.4, -0.2) is 21.7 Å². The van der Waals surface area contributed by atoms with Gasteiger partial charge in [0.25, 0.3) is 11.7 Å². The van der Waals surface area contributed by atoms with Crippen LogP contribution in [0.1, 0.15) is 42.4 Å². The lowest BCUT2D eigenvalue weighted by Gasteiger charge is -2.21. The van der Waals surface area contributed by atoms with Gasteiger partial charge in [-0.05, 0) is 36.1 Å². The number of aromatic amines is 2. The molecule has 2 aromatic heterocycles. The quantitative estimate of drug-likeness (QED) is 0.350. The van der Waals surface area contributed by atoms with E-state index in [9.17, 15) is 14.4 Å². The molecule has 0 aliphatic rings. The topological polar surface area (TPSA) is 94.8 Å². The lowest BCUT2D eigenvalue weighted by molar-refractivity contribution is -0.112. The number of carbonyl (C=O) groups is 2. The van der Waals surface area contributed by atoms with E-state index < -0.39 is 11.7 Å². The average molecular weight is 401 g/mol. The normalized spacial score (nSPS) is 11.7. The molecule has 0 radical (unpaired) electrons. The number of amides is 1. The smallest absolute Gasteiger partial charge is 0.296 e. The van der Waals surface area contributed by atoms with E-state index >= 15 is 0 Å². The fourth-order valence-corrected chi connectivity index (χ4v) is 3.83. The van der Waals surface area contributed by atoms with Crippen molar-refractivity contribution in [2.75, 3.05) is 5.32 Å². The van der Waals surface area contributed by atoms with Gasteiger partial charge in [0.2, 0.25) is 5.56 Å². The molecule has 2 aromatic carbocycles. The van der Waals surface area contributed by atoms with Crippen molar-refractivity contribution < 1.29 is 9.59 Å². The number of benzene rings is 2. The second-order valence-corrected chi connectivity index (χ2v) is 8.51. The van der Waals surface area contributed by atoms with Gasteiger partial charge in [-0.15, -0.1) is 0 Å². The summed E-state index contributed by atoms with van der Waals surface area (Å²) in [6.45, 7) is 7.90. The molecule has 2 heterocycles. The number of aryl methyl sites for hydroxylation is 1. The van der Waals surface area contributed by atoms with E-state index in [1.165, 1.54) is 0 Å². The molecule has 0 unspecified atom stereocenters. The van der Waals surface area contributed by atoms with Gasteiger partial charge in [-0.1, -0.05) is 45.0 Å². The highest BCUT2D eigenvalue weighted by Gasteiger charge is 2.23. The van der Waals surface area contributed by atoms with Crippen LogP contribution in [0.2, 0.25) is 0 Å². The second kappa shape index (κ2) is 6.99. The summed E-state index contributed by atoms with van der Waals surface area (Å²) in [6.07, 6.45) is 0. The molecular formula is C24H23N3O3. The van der Waals surface area contributed by atoms with Crippen LogP contribution in [0.5, 0.6) is 0 Å². The predicted octanol–water partition coefficient (Wildman–Crippen LogP) is 4.44. The highest BCUT2D eigenvalue weighted by atomic mass is 16.2. The first kappa shape index (κ1) is 19.6. The molecule has 1 amide bonds. The van der Waals surface area contributed by atoms with E-state index in [-0.39, 0.29) is 11.0 Å². The lowest BCUT2D eigenvalue weighted by Crippen LogP contribution is -2.23. The maximum absolute atomic E-state index is 12.9. The van der Waals surface area contributed by atoms with Crippen molar-refractivity contribution in [2.24, 2.45) is 0 Å². The maximum Gasteiger partial charge on any atom is 0.296 e. The molecule has 4 aromatic rings. The molecule has 0 saturated carbocycles. The Hall–Kier alpha value is -3.67. The number of rotatable bonds is 3. The molecule has 152 valence electrons. The fourth-order valence-electron chi connectivity index (χ4n) is 3.83. The number of hydrogen-bond acceptors (Lipinski definition) is 3. The largest absolute Gasteiger partial charge is 0.358 e. The number of fused-ring (bicyclic) bond motifs is 2. The Balaban J connectivity index is 1.68. The summed E-state index contributed by atoms with van der Waals surface area (Å²) in [5.41, 5.74) is 3.39. The van der Waals surface area contributed by atoms with E-state index in [0.717, 1.165) is 16.5 Å². The molecule has 6 nitrogen and oxygen atoms in total. The van der Waals surface area contributed by atoms with Crippen LogP contribution in [0.3, 0.4) is 0 Å². The zero-order valence-electron chi connectivity index (χ0n) is 17.3. The minimum Gasteiger partial charge on any atom is -0.358 e. The number of anilines is 1. The third-order valence-electron chi connectivity index (χ3n) is 5.24. The highest BCUT2D eigenvalue weighted by molar-refractivity contribution is 6.48. The lowest BCUT2D eigenvalue weighted by atomic mass is 9.85. The Labute approximate surface area is 173 Å². The van der Waals surface area contributed by atoms with Gasteiger partial charge >= 0.3 is 0 Å². The number of carbonyl (C=O) groups excluding carboxylic acids is 2. The molecule has 0 fully saturated rings. The van der Waals surface area contributed by atoms with E-state index in [1.807, 2.05) is 51.1 Å². The van der Waals surface area contributed by atoms with Gasteiger partial charge in [-0.2, -0.15) is 0 Å². The molecule has 0 atom stereocenters. The van der Waals surface area contributed by atoms with Crippen LogP contribution in [-0.2, 0) is 10.2 Å². The number of nitrogens with one attached hydrogen (secondary N) is 3. The van der Waals surface area contributed by atoms with Gasteiger partial charge in [0, 0.05) is 33.7 Å². The predicted molar refractivity (Wildman–Crippen MR) is 119 cm³/mol. The van der Waals surface area contributed by atoms with Crippen molar-refractivity contribution in [3.05, 3.63) is 75.7 Å². The molecule has 3 N–H and O–H groups in total. The van der Waals surface area contributed by atoms with Gasteiger partial charge in [0.05, 0.1) is 11.1 Å². The number of Topliss-reactive ketones (excluding diaryl/α,β-unsaturated/α-hetero) is 1. The van der Waals surface area contributed by atoms with Crippen molar-refractivity contribution in [3.8, 4) is 0 Å². The van der Waals surface area contributed by atoms with Gasteiger partial charge in [-0.25, -0.2) is 0 Å². The first-order valence-electron chi connectivity index (χ1n) is 9.76. The number of para-hydroxylation sites is 1. The Morgan fingerprint density at radius 3 is 2.37 bits per heavy atom. The fraction of sp³-hybridized carbons (Fsp3) is 0.208. The summed E-state index contributed by atoms with van der Waals surface area (Å²) >= 11 is 0. The summed E-state index contributed by atoms with van der Waals surface area (Å²) in [4.78, 5) is 43.6. The Bertz CT molecular complexity index is 1370. The molecule has 0 aliphatic carbocycles. The number of aromatic nitrogens is 2. The minimum absolute atomic E-state index is 0.207. The van der Waals surface area contributed by atoms with Crippen LogP contribution in [0, 0.1) is 6.92 Å². The molecule has 6 heteroatoms. The standard InChI is InChI=1S/C24H23N3O3/c1-13-21(16-7-5-6-8-18(16)25-13)22(29)23(30)26-14-9-10-15-17(24(2,3)4)12-20(28)27-19(15)11-14/h5-12,25H,1-4H3,(H,26,30)(H,27,28). The molecule has 0 spiro atoms. The molecule has 0 aliphatic heterocycles. The van der Waals surface area contributed by atoms with Crippen LogP contribution in [0.15, 0.2) is 53.3 Å². The molecule has 0 bridgehead atoms. The van der Waals surface area contributed by atoms with Crippen LogP contribution in [0.25, 0.3) is 21.8 Å². The summed E-state index contributed by atoms with van der Waals surface area (Å²) in [5, 5.41) is 4.28. The third-order valence-corrected chi connectivity index (χ3v) is 5.24. The monoisotopic (exact) mass is 401 g/mol. The first-order valence-corrected chi connectivity index (χ1v) is 9.76. The Morgan fingerprint density at radius 2 is 1.63 bits per heavy atom. The summed E-state index contributed by atoms with van der Waals surface area (Å²) < 4.78 is 0. The van der Waals surface area contributed by atoms with Crippen molar-refractivity contribution >= 4 is 39.2 Å². The average Bonchev–Trinajstić information content (AvgIpc) is 3.01. The van der Waals surface area contributed by atoms with E-state index in [4.69, 9.17) is 0 Å². The highest BCUT2D eigenvalue weighted by Crippen LogP contribution is 2.29. The van der Waals surface area contributed by atoms with Crippen LogP contribution < -0.4 is 10.9 Å². The van der Waals surface area contributed by atoms with Crippen molar-refractivity contribution in [1.29, 1.82) is 0 Å². The zero-order valence-corrected chi connectivity index (χ0v) is 17.3. The molecule has 30 heavy (non-hydrogen) atoms.